The molecule has 3 nitrogen and oxygen atoms in total. The summed E-state index contributed by atoms with van der Waals surface area (Å²) in [7, 11) is 0. The maximum atomic E-state index is 9.24. The van der Waals surface area contributed by atoms with Crippen LogP contribution in [0.4, 0.5) is 0 Å². The van der Waals surface area contributed by atoms with E-state index in [1.807, 2.05) is 0 Å². The molecule has 1 atom stereocenters. The van der Waals surface area contributed by atoms with Crippen LogP contribution in [0.2, 0.25) is 0 Å². The maximum absolute atomic E-state index is 9.24. The van der Waals surface area contributed by atoms with Gasteiger partial charge in [0.2, 0.25) is 0 Å². The molecule has 2 fully saturated rings. The molecule has 0 aromatic carbocycles. The summed E-state index contributed by atoms with van der Waals surface area (Å²) in [5.41, 5.74) is -0.541. The molecule has 0 N–H and O–H groups in total. The predicted molar refractivity (Wildman–Crippen MR) is 56.1 cm³/mol. The first kappa shape index (κ1) is 10.9. The second kappa shape index (κ2) is 4.96. The van der Waals surface area contributed by atoms with Crippen LogP contribution in [0.3, 0.4) is 0 Å². The van der Waals surface area contributed by atoms with Gasteiger partial charge in [0, 0.05) is 6.61 Å². The van der Waals surface area contributed by atoms with Gasteiger partial charge in [-0.15, -0.1) is 0 Å². The Morgan fingerprint density at radius 1 is 1.13 bits per heavy atom. The lowest BCUT2D eigenvalue weighted by Crippen LogP contribution is -2.39. The molecule has 15 heavy (non-hydrogen) atoms. The van der Waals surface area contributed by atoms with E-state index < -0.39 is 5.60 Å². The van der Waals surface area contributed by atoms with Crippen molar-refractivity contribution in [3.8, 4) is 6.07 Å². The largest absolute Gasteiger partial charge is 0.353 e. The van der Waals surface area contributed by atoms with Crippen molar-refractivity contribution in [3.05, 3.63) is 0 Å². The van der Waals surface area contributed by atoms with E-state index >= 15 is 0 Å². The first-order valence-electron chi connectivity index (χ1n) is 6.05. The van der Waals surface area contributed by atoms with Gasteiger partial charge in [0.15, 0.2) is 11.9 Å². The summed E-state index contributed by atoms with van der Waals surface area (Å²) in [6.07, 6.45) is 8.32. The van der Waals surface area contributed by atoms with Crippen molar-refractivity contribution in [1.82, 2.24) is 0 Å². The molecule has 1 saturated heterocycles. The molecule has 84 valence electrons. The van der Waals surface area contributed by atoms with Gasteiger partial charge in [0.1, 0.15) is 0 Å². The van der Waals surface area contributed by atoms with Crippen molar-refractivity contribution in [2.24, 2.45) is 0 Å². The third-order valence-corrected chi connectivity index (χ3v) is 3.36. The van der Waals surface area contributed by atoms with E-state index in [2.05, 4.69) is 6.07 Å². The average molecular weight is 209 g/mol. The molecule has 0 amide bonds. The van der Waals surface area contributed by atoms with Gasteiger partial charge in [-0.3, -0.25) is 0 Å². The standard InChI is InChI=1S/C12H19NO2/c13-10-12(7-3-1-4-8-12)15-11-6-2-5-9-14-11/h11H,1-9H2. The quantitative estimate of drug-likeness (QED) is 0.702. The summed E-state index contributed by atoms with van der Waals surface area (Å²) >= 11 is 0. The molecule has 1 unspecified atom stereocenters. The Hall–Kier alpha value is -0.590. The SMILES string of the molecule is N#CC1(OC2CCCCO2)CCCCC1. The number of ether oxygens (including phenoxy) is 2. The Bertz CT molecular complexity index is 234. The van der Waals surface area contributed by atoms with Crippen molar-refractivity contribution < 1.29 is 9.47 Å². The van der Waals surface area contributed by atoms with Gasteiger partial charge in [0.05, 0.1) is 6.07 Å². The molecule has 0 aromatic rings. The van der Waals surface area contributed by atoms with Crippen LogP contribution in [0.15, 0.2) is 0 Å². The van der Waals surface area contributed by atoms with Crippen LogP contribution in [0.1, 0.15) is 51.4 Å². The Morgan fingerprint density at radius 3 is 2.53 bits per heavy atom. The van der Waals surface area contributed by atoms with Gasteiger partial charge in [-0.05, 0) is 44.9 Å². The van der Waals surface area contributed by atoms with Crippen molar-refractivity contribution >= 4 is 0 Å². The molecule has 2 aliphatic rings. The third-order valence-electron chi connectivity index (χ3n) is 3.36. The zero-order valence-corrected chi connectivity index (χ0v) is 9.21. The minimum Gasteiger partial charge on any atom is -0.353 e. The lowest BCUT2D eigenvalue weighted by atomic mass is 9.86. The van der Waals surface area contributed by atoms with E-state index in [9.17, 15) is 5.26 Å². The van der Waals surface area contributed by atoms with E-state index in [1.165, 1.54) is 6.42 Å². The second-order valence-electron chi connectivity index (χ2n) is 4.58. The Kier molecular flexibility index (Phi) is 3.61. The van der Waals surface area contributed by atoms with Crippen LogP contribution in [0.5, 0.6) is 0 Å². The molecule has 0 aromatic heterocycles. The van der Waals surface area contributed by atoms with Crippen molar-refractivity contribution in [2.45, 2.75) is 63.3 Å². The van der Waals surface area contributed by atoms with E-state index in [1.54, 1.807) is 0 Å². The summed E-state index contributed by atoms with van der Waals surface area (Å²) in [5, 5.41) is 9.24. The monoisotopic (exact) mass is 209 g/mol. The highest BCUT2D eigenvalue weighted by molar-refractivity contribution is 5.03. The fourth-order valence-corrected chi connectivity index (χ4v) is 2.43. The predicted octanol–water partition coefficient (Wildman–Crippen LogP) is 2.76. The van der Waals surface area contributed by atoms with Crippen molar-refractivity contribution in [2.75, 3.05) is 6.61 Å². The Labute approximate surface area is 91.4 Å². The Balaban J connectivity index is 1.91. The molecule has 1 saturated carbocycles. The molecule has 1 heterocycles. The van der Waals surface area contributed by atoms with Crippen LogP contribution in [0.25, 0.3) is 0 Å². The number of hydrogen-bond acceptors (Lipinski definition) is 3. The van der Waals surface area contributed by atoms with Crippen LogP contribution < -0.4 is 0 Å². The second-order valence-corrected chi connectivity index (χ2v) is 4.58. The number of rotatable bonds is 2. The average Bonchev–Trinajstić information content (AvgIpc) is 2.32. The van der Waals surface area contributed by atoms with Gasteiger partial charge in [-0.2, -0.15) is 5.26 Å². The topological polar surface area (TPSA) is 42.2 Å². The highest BCUT2D eigenvalue weighted by Crippen LogP contribution is 2.33. The van der Waals surface area contributed by atoms with Gasteiger partial charge >= 0.3 is 0 Å². The molecule has 1 aliphatic heterocycles. The molecule has 3 heteroatoms. The first-order chi connectivity index (χ1) is 7.35. The van der Waals surface area contributed by atoms with Crippen molar-refractivity contribution in [3.63, 3.8) is 0 Å². The Morgan fingerprint density at radius 2 is 1.93 bits per heavy atom. The lowest BCUT2D eigenvalue weighted by molar-refractivity contribution is -0.215. The highest BCUT2D eigenvalue weighted by Gasteiger charge is 2.36. The van der Waals surface area contributed by atoms with E-state index in [4.69, 9.17) is 9.47 Å². The molecule has 1 aliphatic carbocycles. The van der Waals surface area contributed by atoms with Crippen molar-refractivity contribution in [1.29, 1.82) is 5.26 Å². The molecule has 0 spiro atoms. The fourth-order valence-electron chi connectivity index (χ4n) is 2.43. The van der Waals surface area contributed by atoms with Crippen LogP contribution >= 0.6 is 0 Å². The third kappa shape index (κ3) is 2.70. The highest BCUT2D eigenvalue weighted by atomic mass is 16.7. The maximum Gasteiger partial charge on any atom is 0.159 e. The van der Waals surface area contributed by atoms with Gasteiger partial charge in [-0.25, -0.2) is 0 Å². The molecular formula is C12H19NO2. The van der Waals surface area contributed by atoms with Crippen LogP contribution in [0, 0.1) is 11.3 Å². The normalized spacial score (nSPS) is 30.7. The van der Waals surface area contributed by atoms with Gasteiger partial charge in [0.25, 0.3) is 0 Å². The smallest absolute Gasteiger partial charge is 0.159 e. The minimum atomic E-state index is -0.541. The van der Waals surface area contributed by atoms with Crippen LogP contribution in [-0.2, 0) is 9.47 Å². The zero-order chi connectivity index (χ0) is 10.6. The lowest BCUT2D eigenvalue weighted by Gasteiger charge is -2.35. The van der Waals surface area contributed by atoms with Crippen LogP contribution in [-0.4, -0.2) is 18.5 Å². The van der Waals surface area contributed by atoms with E-state index in [-0.39, 0.29) is 6.29 Å². The van der Waals surface area contributed by atoms with E-state index in [0.29, 0.717) is 0 Å². The molecule has 0 radical (unpaired) electrons. The van der Waals surface area contributed by atoms with Gasteiger partial charge in [-0.1, -0.05) is 6.42 Å². The fraction of sp³-hybridized carbons (Fsp3) is 0.917. The first-order valence-corrected chi connectivity index (χ1v) is 6.05. The zero-order valence-electron chi connectivity index (χ0n) is 9.21. The minimum absolute atomic E-state index is 0.128. The molecular weight excluding hydrogens is 190 g/mol. The summed E-state index contributed by atoms with van der Waals surface area (Å²) < 4.78 is 11.4. The summed E-state index contributed by atoms with van der Waals surface area (Å²) in [5.74, 6) is 0. The van der Waals surface area contributed by atoms with Gasteiger partial charge < -0.3 is 9.47 Å². The summed E-state index contributed by atoms with van der Waals surface area (Å²) in [6.45, 7) is 0.784. The number of hydrogen-bond donors (Lipinski definition) is 0. The summed E-state index contributed by atoms with van der Waals surface area (Å²) in [6, 6.07) is 2.36. The van der Waals surface area contributed by atoms with E-state index in [0.717, 1.165) is 51.6 Å². The molecule has 2 rings (SSSR count). The number of nitriles is 1. The number of nitrogens with zero attached hydrogens (tertiary/aromatic N) is 1. The molecule has 0 bridgehead atoms. The summed E-state index contributed by atoms with van der Waals surface area (Å²) in [4.78, 5) is 0.